The number of aromatic nitrogens is 1. The van der Waals surface area contributed by atoms with Crippen LogP contribution in [0.1, 0.15) is 0 Å². The molecule has 1 aromatic heterocycles. The summed E-state index contributed by atoms with van der Waals surface area (Å²) in [6.45, 7) is 0.829. The maximum Gasteiger partial charge on any atom is 0.174 e. The Balaban J connectivity index is 2.07. The molecule has 1 fully saturated rings. The topological polar surface area (TPSA) is 15.8 Å². The molecule has 0 radical (unpaired) electrons. The number of para-hydroxylation sites is 1. The smallest absolute Gasteiger partial charge is 0.174 e. The average molecular weight is 205 g/mol. The molecular weight excluding hydrogens is 193 g/mol. The van der Waals surface area contributed by atoms with E-state index < -0.39 is 0 Å². The Labute approximate surface area is 94.6 Å². The minimum Gasteiger partial charge on any atom is -0.355 e. The molecule has 2 heteroatoms. The third-order valence-corrected chi connectivity index (χ3v) is 3.58. The first-order valence-electron chi connectivity index (χ1n) is 5.92. The van der Waals surface area contributed by atoms with Gasteiger partial charge in [0.2, 0.25) is 0 Å². The number of H-pyrrole nitrogens is 1. The predicted molar refractivity (Wildman–Crippen MR) is 70.8 cm³/mol. The first kappa shape index (κ1) is 8.46. The molecule has 0 aliphatic carbocycles. The second kappa shape index (κ2) is 2.91. The molecule has 4 rings (SSSR count). The Kier molecular flexibility index (Phi) is 1.54. The van der Waals surface area contributed by atoms with Gasteiger partial charge in [-0.3, -0.25) is 0 Å². The molecule has 0 spiro atoms. The molecule has 1 saturated heterocycles. The van der Waals surface area contributed by atoms with Gasteiger partial charge in [0.15, 0.2) is 6.71 Å². The summed E-state index contributed by atoms with van der Waals surface area (Å²) in [5.74, 6) is 0. The monoisotopic (exact) mass is 205 g/mol. The van der Waals surface area contributed by atoms with E-state index in [0.717, 1.165) is 6.71 Å². The van der Waals surface area contributed by atoms with Gasteiger partial charge in [0.05, 0.1) is 0 Å². The van der Waals surface area contributed by atoms with E-state index in [-0.39, 0.29) is 0 Å². The summed E-state index contributed by atoms with van der Waals surface area (Å²) < 4.78 is 0. The van der Waals surface area contributed by atoms with Gasteiger partial charge in [-0.05, 0) is 12.1 Å². The van der Waals surface area contributed by atoms with Crippen LogP contribution >= 0.6 is 0 Å². The number of fused-ring (bicyclic) bond motifs is 3. The van der Waals surface area contributed by atoms with Crippen LogP contribution in [-0.2, 0) is 0 Å². The van der Waals surface area contributed by atoms with Crippen LogP contribution in [0.2, 0.25) is 12.6 Å². The number of rotatable bonds is 1. The van der Waals surface area contributed by atoms with Crippen molar-refractivity contribution >= 4 is 34.0 Å². The minimum absolute atomic E-state index is 0.829. The fraction of sp³-hybridized carbons (Fsp3) is 0.143. The first-order valence-corrected chi connectivity index (χ1v) is 5.92. The number of nitrogens with one attached hydrogen (secondary N) is 1. The molecule has 16 heavy (non-hydrogen) atoms. The van der Waals surface area contributed by atoms with Gasteiger partial charge in [0.25, 0.3) is 0 Å². The van der Waals surface area contributed by atoms with Crippen LogP contribution in [-0.4, -0.2) is 11.7 Å². The third-order valence-electron chi connectivity index (χ3n) is 3.58. The molecule has 0 atom stereocenters. The summed E-state index contributed by atoms with van der Waals surface area (Å²) in [6, 6.07) is 15.4. The molecule has 0 bridgehead atoms. The van der Waals surface area contributed by atoms with Crippen molar-refractivity contribution in [3.05, 3.63) is 42.5 Å². The number of hydrogen-bond donors (Lipinski definition) is 1. The van der Waals surface area contributed by atoms with Crippen LogP contribution in [0, 0.1) is 0 Å². The van der Waals surface area contributed by atoms with Crippen LogP contribution in [0.15, 0.2) is 42.5 Å². The second-order valence-corrected chi connectivity index (χ2v) is 4.75. The van der Waals surface area contributed by atoms with Crippen molar-refractivity contribution in [3.8, 4) is 0 Å². The van der Waals surface area contributed by atoms with Crippen LogP contribution in [0.3, 0.4) is 0 Å². The normalized spacial score (nSPS) is 14.9. The lowest BCUT2D eigenvalue weighted by atomic mass is 9.63. The highest BCUT2D eigenvalue weighted by Crippen LogP contribution is 2.26. The predicted octanol–water partition coefficient (Wildman–Crippen LogP) is 3.04. The van der Waals surface area contributed by atoms with E-state index in [9.17, 15) is 0 Å². The van der Waals surface area contributed by atoms with Crippen molar-refractivity contribution < 1.29 is 0 Å². The van der Waals surface area contributed by atoms with Gasteiger partial charge in [-0.25, -0.2) is 0 Å². The quantitative estimate of drug-likeness (QED) is 0.587. The van der Waals surface area contributed by atoms with Crippen molar-refractivity contribution in [3.63, 3.8) is 0 Å². The molecule has 0 saturated carbocycles. The van der Waals surface area contributed by atoms with Gasteiger partial charge in [-0.1, -0.05) is 48.4 Å². The fourth-order valence-corrected chi connectivity index (χ4v) is 2.54. The number of aromatic amines is 1. The van der Waals surface area contributed by atoms with Gasteiger partial charge < -0.3 is 4.98 Å². The van der Waals surface area contributed by atoms with Gasteiger partial charge >= 0.3 is 0 Å². The van der Waals surface area contributed by atoms with E-state index in [1.165, 1.54) is 39.9 Å². The summed E-state index contributed by atoms with van der Waals surface area (Å²) in [6.07, 6.45) is 2.73. The maximum absolute atomic E-state index is 3.50. The molecule has 0 amide bonds. The lowest BCUT2D eigenvalue weighted by Gasteiger charge is -1.96. The lowest BCUT2D eigenvalue weighted by Crippen LogP contribution is -2.13. The molecule has 1 N–H and O–H groups in total. The van der Waals surface area contributed by atoms with Gasteiger partial charge in [-0.15, -0.1) is 0 Å². The Hall–Kier alpha value is -1.70. The van der Waals surface area contributed by atoms with E-state index in [4.69, 9.17) is 0 Å². The molecule has 3 aromatic rings. The maximum atomic E-state index is 3.50. The number of hydrogen-bond acceptors (Lipinski definition) is 0. The lowest BCUT2D eigenvalue weighted by molar-refractivity contribution is 1.55. The first-order chi connectivity index (χ1) is 7.92. The van der Waals surface area contributed by atoms with E-state index >= 15 is 0 Å². The van der Waals surface area contributed by atoms with Gasteiger partial charge in [-0.2, -0.15) is 0 Å². The van der Waals surface area contributed by atoms with Crippen LogP contribution in [0.25, 0.3) is 21.8 Å². The highest BCUT2D eigenvalue weighted by molar-refractivity contribution is 6.82. The van der Waals surface area contributed by atoms with Gasteiger partial charge in [0.1, 0.15) is 0 Å². The highest BCUT2D eigenvalue weighted by atomic mass is 14.7. The van der Waals surface area contributed by atoms with E-state index in [1.807, 2.05) is 0 Å². The largest absolute Gasteiger partial charge is 0.355 e. The Morgan fingerprint density at radius 2 is 1.69 bits per heavy atom. The van der Waals surface area contributed by atoms with E-state index in [0.29, 0.717) is 0 Å². The van der Waals surface area contributed by atoms with E-state index in [2.05, 4.69) is 47.4 Å². The Morgan fingerprint density at radius 3 is 2.56 bits per heavy atom. The number of benzene rings is 2. The summed E-state index contributed by atoms with van der Waals surface area (Å²) in [5.41, 5.74) is 4.02. The Morgan fingerprint density at radius 1 is 0.875 bits per heavy atom. The van der Waals surface area contributed by atoms with Crippen LogP contribution in [0.5, 0.6) is 0 Å². The van der Waals surface area contributed by atoms with Crippen molar-refractivity contribution in [1.29, 1.82) is 0 Å². The SMILES string of the molecule is c1ccc2c(c1)[nH]c1cc(B3CC3)ccc12. The van der Waals surface area contributed by atoms with Crippen molar-refractivity contribution in [2.24, 2.45) is 0 Å². The zero-order valence-corrected chi connectivity index (χ0v) is 9.03. The molecular formula is C14H12BN. The van der Waals surface area contributed by atoms with Crippen LogP contribution in [0.4, 0.5) is 0 Å². The summed E-state index contributed by atoms with van der Waals surface area (Å²) in [4.78, 5) is 3.50. The average Bonchev–Trinajstić information content (AvgIpc) is 3.10. The van der Waals surface area contributed by atoms with Crippen molar-refractivity contribution in [2.45, 2.75) is 12.6 Å². The highest BCUT2D eigenvalue weighted by Gasteiger charge is 2.28. The standard InChI is InChI=1S/C14H12BN/c1-2-4-13-11(3-1)12-6-5-10(15-7-8-15)9-14(12)16-13/h1-6,9,16H,7-8H2. The minimum atomic E-state index is 0.829. The van der Waals surface area contributed by atoms with Crippen LogP contribution < -0.4 is 5.46 Å². The summed E-state index contributed by atoms with van der Waals surface area (Å²) >= 11 is 0. The molecule has 2 aromatic carbocycles. The summed E-state index contributed by atoms with van der Waals surface area (Å²) in [7, 11) is 0. The third kappa shape index (κ3) is 1.13. The Bertz CT molecular complexity index is 679. The van der Waals surface area contributed by atoms with Crippen molar-refractivity contribution in [2.75, 3.05) is 0 Å². The zero-order chi connectivity index (χ0) is 10.5. The molecule has 1 aliphatic heterocycles. The zero-order valence-electron chi connectivity index (χ0n) is 9.03. The van der Waals surface area contributed by atoms with E-state index in [1.54, 1.807) is 0 Å². The fourth-order valence-electron chi connectivity index (χ4n) is 2.54. The van der Waals surface area contributed by atoms with Crippen molar-refractivity contribution in [1.82, 2.24) is 4.98 Å². The molecule has 0 unspecified atom stereocenters. The molecule has 2 heterocycles. The second-order valence-electron chi connectivity index (χ2n) is 4.75. The molecule has 1 nitrogen and oxygen atoms in total. The van der Waals surface area contributed by atoms with Gasteiger partial charge in [0, 0.05) is 21.8 Å². The molecule has 1 aliphatic rings. The summed E-state index contributed by atoms with van der Waals surface area (Å²) in [5, 5.41) is 2.68. The molecule has 76 valence electrons.